The number of likely N-dealkylation sites (N-methyl/N-ethyl adjacent to an activating group) is 1. The Kier molecular flexibility index (Phi) is 5.22. The van der Waals surface area contributed by atoms with E-state index in [1.165, 1.54) is 45.6 Å². The van der Waals surface area contributed by atoms with Crippen molar-refractivity contribution in [2.45, 2.75) is 31.8 Å². The topological polar surface area (TPSA) is 27.7 Å². The fourth-order valence-corrected chi connectivity index (χ4v) is 3.18. The maximum absolute atomic E-state index is 5.17. The van der Waals surface area contributed by atoms with Crippen LogP contribution < -0.4 is 5.32 Å². The third-order valence-corrected chi connectivity index (χ3v) is 4.12. The van der Waals surface area contributed by atoms with E-state index in [1.54, 1.807) is 7.11 Å². The summed E-state index contributed by atoms with van der Waals surface area (Å²) in [7, 11) is 1.79. The lowest BCUT2D eigenvalue weighted by Crippen LogP contribution is -2.66. The third kappa shape index (κ3) is 3.41. The molecule has 3 rings (SSSR count). The second kappa shape index (κ2) is 6.69. The van der Waals surface area contributed by atoms with Gasteiger partial charge in [0.2, 0.25) is 0 Å². The van der Waals surface area contributed by atoms with Gasteiger partial charge in [0.25, 0.3) is 0 Å². The Morgan fingerprint density at radius 2 is 2.06 bits per heavy atom. The molecular formula is C13H27N3O. The first-order valence-corrected chi connectivity index (χ1v) is 7.04. The first-order valence-electron chi connectivity index (χ1n) is 7.04. The van der Waals surface area contributed by atoms with Crippen LogP contribution in [0.5, 0.6) is 0 Å². The van der Waals surface area contributed by atoms with Gasteiger partial charge in [0.1, 0.15) is 0 Å². The molecule has 3 aliphatic rings. The molecule has 3 saturated heterocycles. The minimum absolute atomic E-state index is 0.637. The molecule has 100 valence electrons. The predicted molar refractivity (Wildman–Crippen MR) is 70.4 cm³/mol. The van der Waals surface area contributed by atoms with E-state index in [0.29, 0.717) is 12.1 Å². The molecule has 3 fully saturated rings. The van der Waals surface area contributed by atoms with Crippen LogP contribution in [-0.2, 0) is 4.74 Å². The second-order valence-electron chi connectivity index (χ2n) is 5.20. The van der Waals surface area contributed by atoms with Gasteiger partial charge in [0.05, 0.1) is 0 Å². The van der Waals surface area contributed by atoms with Crippen LogP contribution in [0.15, 0.2) is 0 Å². The highest BCUT2D eigenvalue weighted by Crippen LogP contribution is 2.20. The van der Waals surface area contributed by atoms with Crippen LogP contribution in [0, 0.1) is 0 Å². The van der Waals surface area contributed by atoms with E-state index in [9.17, 15) is 0 Å². The average molecular weight is 241 g/mol. The number of piperazine rings is 3. The number of nitrogens with one attached hydrogen (secondary N) is 1. The Hall–Kier alpha value is -0.160. The van der Waals surface area contributed by atoms with Gasteiger partial charge in [-0.05, 0) is 19.4 Å². The molecule has 4 heteroatoms. The van der Waals surface area contributed by atoms with Crippen molar-refractivity contribution in [3.05, 3.63) is 0 Å². The number of hydrogen-bond acceptors (Lipinski definition) is 4. The van der Waals surface area contributed by atoms with Gasteiger partial charge in [-0.1, -0.05) is 6.92 Å². The Labute approximate surface area is 105 Å². The normalized spacial score (nSPS) is 33.9. The first kappa shape index (κ1) is 13.3. The van der Waals surface area contributed by atoms with Gasteiger partial charge in [0.15, 0.2) is 0 Å². The average Bonchev–Trinajstić information content (AvgIpc) is 2.39. The van der Waals surface area contributed by atoms with Crippen molar-refractivity contribution in [2.75, 3.05) is 53.0 Å². The molecule has 17 heavy (non-hydrogen) atoms. The van der Waals surface area contributed by atoms with Crippen LogP contribution >= 0.6 is 0 Å². The largest absolute Gasteiger partial charge is 0.385 e. The van der Waals surface area contributed by atoms with Gasteiger partial charge < -0.3 is 10.1 Å². The molecule has 0 saturated carbocycles. The number of ether oxygens (including phenoxy) is 1. The zero-order valence-electron chi connectivity index (χ0n) is 11.3. The zero-order chi connectivity index (χ0) is 12.1. The van der Waals surface area contributed by atoms with E-state index in [1.807, 2.05) is 0 Å². The quantitative estimate of drug-likeness (QED) is 0.653. The minimum Gasteiger partial charge on any atom is -0.385 e. The Bertz CT molecular complexity index is 217. The molecule has 3 heterocycles. The molecule has 3 aliphatic heterocycles. The summed E-state index contributed by atoms with van der Waals surface area (Å²) in [6.07, 6.45) is 2.40. The number of fused-ring (bicyclic) bond motifs is 3. The first-order chi connectivity index (χ1) is 8.35. The molecule has 2 atom stereocenters. The summed E-state index contributed by atoms with van der Waals surface area (Å²) in [6.45, 7) is 10.5. The van der Waals surface area contributed by atoms with E-state index < -0.39 is 0 Å². The maximum atomic E-state index is 5.17. The molecule has 4 nitrogen and oxygen atoms in total. The second-order valence-corrected chi connectivity index (χ2v) is 5.20. The molecule has 2 unspecified atom stereocenters. The fourth-order valence-electron chi connectivity index (χ4n) is 3.18. The number of rotatable bonds is 7. The molecule has 0 amide bonds. The van der Waals surface area contributed by atoms with Crippen LogP contribution in [0.4, 0.5) is 0 Å². The molecular weight excluding hydrogens is 214 g/mol. The van der Waals surface area contributed by atoms with E-state index >= 15 is 0 Å². The molecule has 0 aromatic rings. The van der Waals surface area contributed by atoms with Crippen LogP contribution in [-0.4, -0.2) is 74.9 Å². The Balaban J connectivity index is 1.86. The van der Waals surface area contributed by atoms with Crippen LogP contribution in [0.25, 0.3) is 0 Å². The van der Waals surface area contributed by atoms with Crippen LogP contribution in [0.1, 0.15) is 19.8 Å². The van der Waals surface area contributed by atoms with E-state index in [-0.39, 0.29) is 0 Å². The summed E-state index contributed by atoms with van der Waals surface area (Å²) >= 11 is 0. The Morgan fingerprint density at radius 3 is 2.59 bits per heavy atom. The summed E-state index contributed by atoms with van der Waals surface area (Å²) in [5.74, 6) is 0. The monoisotopic (exact) mass is 241 g/mol. The van der Waals surface area contributed by atoms with Gasteiger partial charge >= 0.3 is 0 Å². The van der Waals surface area contributed by atoms with E-state index in [2.05, 4.69) is 22.0 Å². The van der Waals surface area contributed by atoms with Crippen molar-refractivity contribution in [2.24, 2.45) is 0 Å². The number of hydrogen-bond donors (Lipinski definition) is 1. The minimum atomic E-state index is 0.637. The third-order valence-electron chi connectivity index (χ3n) is 4.12. The highest BCUT2D eigenvalue weighted by Gasteiger charge is 2.35. The van der Waals surface area contributed by atoms with Gasteiger partial charge in [0, 0.05) is 58.5 Å². The highest BCUT2D eigenvalue weighted by molar-refractivity contribution is 4.94. The Morgan fingerprint density at radius 1 is 1.29 bits per heavy atom. The predicted octanol–water partition coefficient (Wildman–Crippen LogP) is 0.391. The molecule has 1 N–H and O–H groups in total. The molecule has 0 spiro atoms. The molecule has 2 bridgehead atoms. The SMILES string of the molecule is CCNC(CCCOC)C1CN2CCN1CC2. The van der Waals surface area contributed by atoms with Gasteiger partial charge in [-0.3, -0.25) is 9.80 Å². The fraction of sp³-hybridized carbons (Fsp3) is 1.00. The summed E-state index contributed by atoms with van der Waals surface area (Å²) in [5.41, 5.74) is 0. The lowest BCUT2D eigenvalue weighted by Gasteiger charge is -2.50. The lowest BCUT2D eigenvalue weighted by molar-refractivity contribution is -0.00533. The number of methoxy groups -OCH3 is 1. The summed E-state index contributed by atoms with van der Waals surface area (Å²) in [5, 5.41) is 3.67. The summed E-state index contributed by atoms with van der Waals surface area (Å²) in [4.78, 5) is 5.30. The van der Waals surface area contributed by atoms with Gasteiger partial charge in [-0.2, -0.15) is 0 Å². The van der Waals surface area contributed by atoms with E-state index in [0.717, 1.165) is 13.2 Å². The molecule has 0 aromatic carbocycles. The van der Waals surface area contributed by atoms with Crippen molar-refractivity contribution >= 4 is 0 Å². The molecule has 0 aliphatic carbocycles. The number of nitrogens with zero attached hydrogens (tertiary/aromatic N) is 2. The van der Waals surface area contributed by atoms with Crippen LogP contribution in [0.2, 0.25) is 0 Å². The standard InChI is InChI=1S/C13H27N3O/c1-3-14-12(5-4-10-17-2)13-11-15-6-8-16(13)9-7-15/h12-14H,3-11H2,1-2H3. The highest BCUT2D eigenvalue weighted by atomic mass is 16.5. The zero-order valence-corrected chi connectivity index (χ0v) is 11.3. The smallest absolute Gasteiger partial charge is 0.0462 e. The summed E-state index contributed by atoms with van der Waals surface area (Å²) in [6, 6.07) is 1.35. The van der Waals surface area contributed by atoms with E-state index in [4.69, 9.17) is 4.74 Å². The van der Waals surface area contributed by atoms with Crippen molar-refractivity contribution in [3.8, 4) is 0 Å². The molecule has 0 aromatic heterocycles. The van der Waals surface area contributed by atoms with Gasteiger partial charge in [-0.15, -0.1) is 0 Å². The lowest BCUT2D eigenvalue weighted by atomic mass is 9.96. The van der Waals surface area contributed by atoms with Crippen molar-refractivity contribution in [1.82, 2.24) is 15.1 Å². The van der Waals surface area contributed by atoms with Crippen molar-refractivity contribution in [1.29, 1.82) is 0 Å². The maximum Gasteiger partial charge on any atom is 0.0462 e. The van der Waals surface area contributed by atoms with Crippen molar-refractivity contribution < 1.29 is 4.74 Å². The van der Waals surface area contributed by atoms with Crippen LogP contribution in [0.3, 0.4) is 0 Å². The van der Waals surface area contributed by atoms with Gasteiger partial charge in [-0.25, -0.2) is 0 Å². The summed E-state index contributed by atoms with van der Waals surface area (Å²) < 4.78 is 5.17. The van der Waals surface area contributed by atoms with Crippen molar-refractivity contribution in [3.63, 3.8) is 0 Å². The molecule has 0 radical (unpaired) electrons.